The van der Waals surface area contributed by atoms with Gasteiger partial charge in [-0.2, -0.15) is 4.99 Å². The lowest BCUT2D eigenvalue weighted by Gasteiger charge is -2.21. The van der Waals surface area contributed by atoms with E-state index in [-0.39, 0.29) is 6.04 Å². The highest BCUT2D eigenvalue weighted by Crippen LogP contribution is 2.24. The highest BCUT2D eigenvalue weighted by molar-refractivity contribution is 5.38. The number of nitrogens with zero attached hydrogens (tertiary/aromatic N) is 1. The second-order valence-corrected chi connectivity index (χ2v) is 3.00. The third-order valence-electron chi connectivity index (χ3n) is 2.09. The molecular formula is C10H9NO2. The van der Waals surface area contributed by atoms with Crippen LogP contribution in [0.25, 0.3) is 0 Å². The van der Waals surface area contributed by atoms with E-state index in [0.717, 1.165) is 17.7 Å². The maximum Gasteiger partial charge on any atom is 0.235 e. The number of aliphatic imine (C=N–C) groups is 1. The first-order valence-electron chi connectivity index (χ1n) is 4.18. The molecule has 0 saturated carbocycles. The van der Waals surface area contributed by atoms with Crippen LogP contribution in [0.4, 0.5) is 0 Å². The number of carbonyl (C=O) groups excluding carboxylic acids is 1. The summed E-state index contributed by atoms with van der Waals surface area (Å²) in [4.78, 5) is 13.7. The zero-order valence-corrected chi connectivity index (χ0v) is 7.06. The van der Waals surface area contributed by atoms with E-state index < -0.39 is 0 Å². The Morgan fingerprint density at radius 1 is 1.46 bits per heavy atom. The molecule has 1 aromatic carbocycles. The van der Waals surface area contributed by atoms with E-state index in [1.165, 1.54) is 0 Å². The molecule has 0 amide bonds. The molecule has 0 N–H and O–H groups in total. The van der Waals surface area contributed by atoms with Gasteiger partial charge in [-0.15, -0.1) is 0 Å². The van der Waals surface area contributed by atoms with Crippen LogP contribution in [0, 0.1) is 0 Å². The monoisotopic (exact) mass is 175 g/mol. The predicted octanol–water partition coefficient (Wildman–Crippen LogP) is 1.33. The fourth-order valence-corrected chi connectivity index (χ4v) is 1.47. The topological polar surface area (TPSA) is 38.7 Å². The molecule has 2 rings (SSSR count). The molecule has 1 aliphatic rings. The van der Waals surface area contributed by atoms with Crippen molar-refractivity contribution in [3.05, 3.63) is 29.8 Å². The summed E-state index contributed by atoms with van der Waals surface area (Å²) in [6, 6.07) is 7.74. The van der Waals surface area contributed by atoms with Crippen LogP contribution < -0.4 is 4.74 Å². The van der Waals surface area contributed by atoms with Gasteiger partial charge in [0.25, 0.3) is 0 Å². The maximum atomic E-state index is 10.0. The molecule has 1 unspecified atom stereocenters. The van der Waals surface area contributed by atoms with E-state index in [1.807, 2.05) is 24.3 Å². The molecule has 0 aliphatic carbocycles. The van der Waals surface area contributed by atoms with Gasteiger partial charge in [-0.1, -0.05) is 18.2 Å². The van der Waals surface area contributed by atoms with Crippen molar-refractivity contribution in [2.45, 2.75) is 12.5 Å². The lowest BCUT2D eigenvalue weighted by molar-refractivity contribution is 0.264. The molecule has 3 nitrogen and oxygen atoms in total. The van der Waals surface area contributed by atoms with E-state index in [2.05, 4.69) is 4.99 Å². The molecule has 66 valence electrons. The van der Waals surface area contributed by atoms with Gasteiger partial charge < -0.3 is 4.74 Å². The smallest absolute Gasteiger partial charge is 0.235 e. The Balaban J connectivity index is 2.24. The average Bonchev–Trinajstić information content (AvgIpc) is 2.18. The molecule has 0 saturated heterocycles. The van der Waals surface area contributed by atoms with Crippen LogP contribution in [0.3, 0.4) is 0 Å². The van der Waals surface area contributed by atoms with Gasteiger partial charge in [0.1, 0.15) is 18.4 Å². The molecule has 3 heteroatoms. The zero-order chi connectivity index (χ0) is 9.10. The molecule has 0 bridgehead atoms. The second-order valence-electron chi connectivity index (χ2n) is 3.00. The van der Waals surface area contributed by atoms with Gasteiger partial charge >= 0.3 is 0 Å². The lowest BCUT2D eigenvalue weighted by atomic mass is 10.0. The number of rotatable bonds is 1. The van der Waals surface area contributed by atoms with Crippen molar-refractivity contribution >= 4 is 6.08 Å². The summed E-state index contributed by atoms with van der Waals surface area (Å²) >= 11 is 0. The van der Waals surface area contributed by atoms with E-state index in [0.29, 0.717) is 6.61 Å². The highest BCUT2D eigenvalue weighted by atomic mass is 16.5. The third kappa shape index (κ3) is 1.60. The summed E-state index contributed by atoms with van der Waals surface area (Å²) in [6.45, 7) is 0.478. The molecular weight excluding hydrogens is 166 g/mol. The van der Waals surface area contributed by atoms with E-state index in [1.54, 1.807) is 6.08 Å². The molecule has 0 spiro atoms. The number of hydrogen-bond donors (Lipinski definition) is 0. The maximum absolute atomic E-state index is 10.0. The number of isocyanates is 1. The Morgan fingerprint density at radius 2 is 2.31 bits per heavy atom. The van der Waals surface area contributed by atoms with Crippen molar-refractivity contribution in [2.75, 3.05) is 6.61 Å². The summed E-state index contributed by atoms with van der Waals surface area (Å²) in [6.07, 6.45) is 2.33. The van der Waals surface area contributed by atoms with Crippen molar-refractivity contribution in [2.24, 2.45) is 4.99 Å². The van der Waals surface area contributed by atoms with E-state index in [4.69, 9.17) is 4.74 Å². The molecule has 1 aliphatic heterocycles. The van der Waals surface area contributed by atoms with Gasteiger partial charge in [-0.25, -0.2) is 4.79 Å². The number of hydrogen-bond acceptors (Lipinski definition) is 3. The number of fused-ring (bicyclic) bond motifs is 1. The standard InChI is InChI=1S/C10H9NO2/c12-7-11-9-5-8-3-1-2-4-10(8)13-6-9/h1-4,9H,5-6H2. The fourth-order valence-electron chi connectivity index (χ4n) is 1.47. The van der Waals surface area contributed by atoms with Gasteiger partial charge in [0.15, 0.2) is 0 Å². The fraction of sp³-hybridized carbons (Fsp3) is 0.300. The Kier molecular flexibility index (Phi) is 2.11. The summed E-state index contributed by atoms with van der Waals surface area (Å²) in [7, 11) is 0. The first-order valence-corrected chi connectivity index (χ1v) is 4.18. The van der Waals surface area contributed by atoms with Crippen LogP contribution in [-0.4, -0.2) is 18.7 Å². The van der Waals surface area contributed by atoms with E-state index in [9.17, 15) is 4.79 Å². The highest BCUT2D eigenvalue weighted by Gasteiger charge is 2.18. The SMILES string of the molecule is O=C=NC1COc2ccccc2C1. The normalized spacial score (nSPS) is 19.5. The van der Waals surface area contributed by atoms with Crippen LogP contribution in [0.2, 0.25) is 0 Å². The van der Waals surface area contributed by atoms with Gasteiger partial charge in [0.05, 0.1) is 0 Å². The number of para-hydroxylation sites is 1. The van der Waals surface area contributed by atoms with Crippen LogP contribution in [-0.2, 0) is 11.2 Å². The molecule has 1 atom stereocenters. The first kappa shape index (κ1) is 8.02. The van der Waals surface area contributed by atoms with Gasteiger partial charge in [0.2, 0.25) is 6.08 Å². The van der Waals surface area contributed by atoms with Gasteiger partial charge in [0, 0.05) is 6.42 Å². The minimum atomic E-state index is -0.0626. The largest absolute Gasteiger partial charge is 0.491 e. The molecule has 0 aromatic heterocycles. The molecule has 1 aromatic rings. The molecule has 0 fully saturated rings. The minimum Gasteiger partial charge on any atom is -0.491 e. The van der Waals surface area contributed by atoms with Crippen molar-refractivity contribution in [3.63, 3.8) is 0 Å². The van der Waals surface area contributed by atoms with Crippen LogP contribution in [0.1, 0.15) is 5.56 Å². The number of ether oxygens (including phenoxy) is 1. The Morgan fingerprint density at radius 3 is 3.15 bits per heavy atom. The minimum absolute atomic E-state index is 0.0626. The Bertz CT molecular complexity index is 356. The molecule has 1 heterocycles. The summed E-state index contributed by atoms with van der Waals surface area (Å²) < 4.78 is 5.42. The van der Waals surface area contributed by atoms with Crippen molar-refractivity contribution in [1.29, 1.82) is 0 Å². The molecule has 0 radical (unpaired) electrons. The zero-order valence-electron chi connectivity index (χ0n) is 7.06. The summed E-state index contributed by atoms with van der Waals surface area (Å²) in [5, 5.41) is 0. The lowest BCUT2D eigenvalue weighted by Crippen LogP contribution is -2.23. The number of benzene rings is 1. The summed E-state index contributed by atoms with van der Waals surface area (Å²) in [5.74, 6) is 0.903. The quantitative estimate of drug-likeness (QED) is 0.477. The van der Waals surface area contributed by atoms with Crippen LogP contribution >= 0.6 is 0 Å². The van der Waals surface area contributed by atoms with Crippen molar-refractivity contribution in [1.82, 2.24) is 0 Å². The second kappa shape index (κ2) is 3.42. The molecule has 13 heavy (non-hydrogen) atoms. The summed E-state index contributed by atoms with van der Waals surface area (Å²) in [5.41, 5.74) is 1.11. The third-order valence-corrected chi connectivity index (χ3v) is 2.09. The Labute approximate surface area is 76.1 Å². The van der Waals surface area contributed by atoms with Gasteiger partial charge in [-0.3, -0.25) is 0 Å². The first-order chi connectivity index (χ1) is 6.40. The van der Waals surface area contributed by atoms with E-state index >= 15 is 0 Å². The van der Waals surface area contributed by atoms with Crippen molar-refractivity contribution < 1.29 is 9.53 Å². The Hall–Kier alpha value is -1.60. The van der Waals surface area contributed by atoms with Gasteiger partial charge in [-0.05, 0) is 11.6 Å². The van der Waals surface area contributed by atoms with Crippen molar-refractivity contribution in [3.8, 4) is 5.75 Å². The van der Waals surface area contributed by atoms with Crippen LogP contribution in [0.15, 0.2) is 29.3 Å². The average molecular weight is 175 g/mol. The predicted molar refractivity (Wildman–Crippen MR) is 47.6 cm³/mol. The van der Waals surface area contributed by atoms with Crippen LogP contribution in [0.5, 0.6) is 5.75 Å².